The summed E-state index contributed by atoms with van der Waals surface area (Å²) in [6, 6.07) is 0. The molecule has 1 N–H and O–H groups in total. The molecule has 1 fully saturated rings. The Bertz CT molecular complexity index is 329. The number of halogens is 3. The number of hydrogen-bond donors (Lipinski definition) is 1. The molecular weight excluding hydrogens is 261 g/mol. The van der Waals surface area contributed by atoms with Crippen molar-refractivity contribution < 1.29 is 22.7 Å². The van der Waals surface area contributed by atoms with Gasteiger partial charge in [-0.25, -0.2) is 4.79 Å². The fraction of sp³-hybridized carbons (Fsp3) is 0.917. The van der Waals surface area contributed by atoms with E-state index in [9.17, 15) is 18.0 Å². The topological polar surface area (TPSA) is 41.6 Å². The highest BCUT2D eigenvalue weighted by Gasteiger charge is 2.55. The summed E-state index contributed by atoms with van der Waals surface area (Å²) in [6.45, 7) is 5.25. The molecule has 1 heterocycles. The van der Waals surface area contributed by atoms with Gasteiger partial charge in [0.05, 0.1) is 0 Å². The van der Waals surface area contributed by atoms with Crippen LogP contribution in [-0.4, -0.2) is 48.4 Å². The van der Waals surface area contributed by atoms with E-state index in [-0.39, 0.29) is 25.9 Å². The Balaban J connectivity index is 2.64. The largest absolute Gasteiger partial charge is 0.444 e. The van der Waals surface area contributed by atoms with Crippen molar-refractivity contribution in [2.24, 2.45) is 0 Å². The van der Waals surface area contributed by atoms with Crippen LogP contribution in [0.15, 0.2) is 0 Å². The first-order valence-electron chi connectivity index (χ1n) is 6.24. The van der Waals surface area contributed by atoms with Crippen LogP contribution in [0, 0.1) is 0 Å². The fourth-order valence-corrected chi connectivity index (χ4v) is 2.07. The van der Waals surface area contributed by atoms with Gasteiger partial charge in [0, 0.05) is 13.1 Å². The van der Waals surface area contributed by atoms with Crippen LogP contribution in [0.25, 0.3) is 0 Å². The number of carbonyl (C=O) groups is 1. The van der Waals surface area contributed by atoms with Gasteiger partial charge in [-0.3, -0.25) is 0 Å². The lowest BCUT2D eigenvalue weighted by Crippen LogP contribution is -2.61. The molecule has 0 aromatic rings. The normalized spacial score (nSPS) is 20.3. The second-order valence-corrected chi connectivity index (χ2v) is 5.80. The zero-order valence-electron chi connectivity index (χ0n) is 11.7. The number of hydrogen-bond acceptors (Lipinski definition) is 3. The smallest absolute Gasteiger partial charge is 0.410 e. The molecule has 0 aliphatic carbocycles. The SMILES string of the molecule is CNC1(C(F)(F)F)CCN(C(=O)OC(C)(C)C)CC1. The van der Waals surface area contributed by atoms with E-state index in [0.29, 0.717) is 0 Å². The van der Waals surface area contributed by atoms with Gasteiger partial charge in [0.1, 0.15) is 11.1 Å². The molecule has 1 saturated heterocycles. The molecule has 1 aliphatic heterocycles. The Morgan fingerprint density at radius 3 is 2.00 bits per heavy atom. The van der Waals surface area contributed by atoms with E-state index >= 15 is 0 Å². The third kappa shape index (κ3) is 3.75. The summed E-state index contributed by atoms with van der Waals surface area (Å²) in [5.74, 6) is 0. The molecule has 1 rings (SSSR count). The van der Waals surface area contributed by atoms with Crippen LogP contribution < -0.4 is 5.32 Å². The lowest BCUT2D eigenvalue weighted by molar-refractivity contribution is -0.206. The molecule has 0 radical (unpaired) electrons. The van der Waals surface area contributed by atoms with E-state index in [4.69, 9.17) is 4.74 Å². The van der Waals surface area contributed by atoms with Crippen molar-refractivity contribution in [3.63, 3.8) is 0 Å². The molecule has 0 aromatic carbocycles. The number of nitrogens with one attached hydrogen (secondary N) is 1. The number of likely N-dealkylation sites (tertiary alicyclic amines) is 1. The minimum atomic E-state index is -4.32. The highest BCUT2D eigenvalue weighted by molar-refractivity contribution is 5.68. The lowest BCUT2D eigenvalue weighted by atomic mass is 9.87. The Hall–Kier alpha value is -0.980. The number of amides is 1. The number of piperidine rings is 1. The minimum Gasteiger partial charge on any atom is -0.444 e. The number of alkyl halides is 3. The van der Waals surface area contributed by atoms with Gasteiger partial charge in [-0.05, 0) is 40.7 Å². The number of rotatable bonds is 1. The average molecular weight is 282 g/mol. The first kappa shape index (κ1) is 16.1. The summed E-state index contributed by atoms with van der Waals surface area (Å²) in [6.07, 6.45) is -5.19. The molecule has 4 nitrogen and oxygen atoms in total. The van der Waals surface area contributed by atoms with Gasteiger partial charge < -0.3 is 15.0 Å². The highest BCUT2D eigenvalue weighted by Crippen LogP contribution is 2.38. The van der Waals surface area contributed by atoms with Crippen LogP contribution in [0.3, 0.4) is 0 Å². The minimum absolute atomic E-state index is 0.0370. The van der Waals surface area contributed by atoms with Gasteiger partial charge in [0.15, 0.2) is 0 Å². The molecule has 0 spiro atoms. The van der Waals surface area contributed by atoms with Gasteiger partial charge in [-0.2, -0.15) is 13.2 Å². The van der Waals surface area contributed by atoms with E-state index in [1.165, 1.54) is 11.9 Å². The molecule has 0 unspecified atom stereocenters. The van der Waals surface area contributed by atoms with Gasteiger partial charge in [0.25, 0.3) is 0 Å². The number of nitrogens with zero attached hydrogens (tertiary/aromatic N) is 1. The molecule has 0 aromatic heterocycles. The summed E-state index contributed by atoms with van der Waals surface area (Å²) in [4.78, 5) is 13.1. The molecule has 112 valence electrons. The molecule has 0 saturated carbocycles. The van der Waals surface area contributed by atoms with Crippen molar-refractivity contribution in [2.45, 2.75) is 50.9 Å². The van der Waals surface area contributed by atoms with Crippen LogP contribution in [0.4, 0.5) is 18.0 Å². The summed E-state index contributed by atoms with van der Waals surface area (Å²) >= 11 is 0. The zero-order chi connectivity index (χ0) is 14.9. The third-order valence-electron chi connectivity index (χ3n) is 3.29. The van der Waals surface area contributed by atoms with Crippen LogP contribution >= 0.6 is 0 Å². The third-order valence-corrected chi connectivity index (χ3v) is 3.29. The molecule has 7 heteroatoms. The predicted molar refractivity (Wildman–Crippen MR) is 64.9 cm³/mol. The first-order valence-corrected chi connectivity index (χ1v) is 6.24. The van der Waals surface area contributed by atoms with E-state index in [1.807, 2.05) is 0 Å². The van der Waals surface area contributed by atoms with Crippen molar-refractivity contribution >= 4 is 6.09 Å². The second-order valence-electron chi connectivity index (χ2n) is 5.80. The van der Waals surface area contributed by atoms with Crippen LogP contribution in [0.2, 0.25) is 0 Å². The van der Waals surface area contributed by atoms with E-state index in [1.54, 1.807) is 20.8 Å². The zero-order valence-corrected chi connectivity index (χ0v) is 11.7. The average Bonchev–Trinajstić information content (AvgIpc) is 2.25. The molecule has 0 atom stereocenters. The Kier molecular flexibility index (Phi) is 4.39. The maximum atomic E-state index is 13.0. The van der Waals surface area contributed by atoms with Crippen molar-refractivity contribution in [3.05, 3.63) is 0 Å². The number of carbonyl (C=O) groups excluding carboxylic acids is 1. The lowest BCUT2D eigenvalue weighted by Gasteiger charge is -2.42. The first-order chi connectivity index (χ1) is 8.51. The monoisotopic (exact) mass is 282 g/mol. The molecule has 19 heavy (non-hydrogen) atoms. The quantitative estimate of drug-likeness (QED) is 0.803. The number of ether oxygens (including phenoxy) is 1. The van der Waals surface area contributed by atoms with Gasteiger partial charge in [0.2, 0.25) is 0 Å². The maximum absolute atomic E-state index is 13.0. The van der Waals surface area contributed by atoms with Gasteiger partial charge in [-0.1, -0.05) is 0 Å². The second kappa shape index (κ2) is 5.19. The van der Waals surface area contributed by atoms with E-state index in [0.717, 1.165) is 0 Å². The molecule has 1 amide bonds. The highest BCUT2D eigenvalue weighted by atomic mass is 19.4. The Morgan fingerprint density at radius 2 is 1.68 bits per heavy atom. The fourth-order valence-electron chi connectivity index (χ4n) is 2.07. The molecule has 1 aliphatic rings. The molecule has 0 bridgehead atoms. The van der Waals surface area contributed by atoms with Gasteiger partial charge in [-0.15, -0.1) is 0 Å². The summed E-state index contributed by atoms with van der Waals surface area (Å²) in [5.41, 5.74) is -2.54. The Labute approximate surface area is 111 Å². The van der Waals surface area contributed by atoms with Crippen molar-refractivity contribution in [3.8, 4) is 0 Å². The van der Waals surface area contributed by atoms with E-state index in [2.05, 4.69) is 5.32 Å². The Morgan fingerprint density at radius 1 is 1.21 bits per heavy atom. The summed E-state index contributed by atoms with van der Waals surface area (Å²) in [7, 11) is 1.30. The summed E-state index contributed by atoms with van der Waals surface area (Å²) in [5, 5.41) is 2.36. The molecular formula is C12H21F3N2O2. The van der Waals surface area contributed by atoms with Crippen LogP contribution in [-0.2, 0) is 4.74 Å². The standard InChI is InChI=1S/C12H21F3N2O2/c1-10(2,3)19-9(18)17-7-5-11(16-4,6-8-17)12(13,14)15/h16H,5-8H2,1-4H3. The summed E-state index contributed by atoms with van der Waals surface area (Å²) < 4.78 is 44.1. The van der Waals surface area contributed by atoms with E-state index < -0.39 is 23.4 Å². The maximum Gasteiger partial charge on any atom is 0.410 e. The van der Waals surface area contributed by atoms with Crippen molar-refractivity contribution in [2.75, 3.05) is 20.1 Å². The van der Waals surface area contributed by atoms with Crippen LogP contribution in [0.5, 0.6) is 0 Å². The van der Waals surface area contributed by atoms with Crippen molar-refractivity contribution in [1.82, 2.24) is 10.2 Å². The van der Waals surface area contributed by atoms with Gasteiger partial charge >= 0.3 is 12.3 Å². The predicted octanol–water partition coefficient (Wildman–Crippen LogP) is 2.54. The van der Waals surface area contributed by atoms with Crippen molar-refractivity contribution in [1.29, 1.82) is 0 Å². The van der Waals surface area contributed by atoms with Crippen LogP contribution in [0.1, 0.15) is 33.6 Å².